The van der Waals surface area contributed by atoms with Crippen molar-refractivity contribution in [3.8, 4) is 56.4 Å². The van der Waals surface area contributed by atoms with Gasteiger partial charge in [0.15, 0.2) is 17.5 Å². The molecule has 5 nitrogen and oxygen atoms in total. The Morgan fingerprint density at radius 1 is 0.260 bits per heavy atom. The van der Waals surface area contributed by atoms with E-state index in [9.17, 15) is 0 Å². The molecule has 3 aromatic heterocycles. The van der Waals surface area contributed by atoms with E-state index in [1.54, 1.807) is 0 Å². The Kier molecular flexibility index (Phi) is 6.42. The molecule has 5 heteroatoms. The fourth-order valence-corrected chi connectivity index (χ4v) is 6.83. The first-order valence-electron chi connectivity index (χ1n) is 16.6. The van der Waals surface area contributed by atoms with Gasteiger partial charge in [-0.25, -0.2) is 15.0 Å². The first kappa shape index (κ1) is 28.2. The van der Waals surface area contributed by atoms with Crippen molar-refractivity contribution in [2.45, 2.75) is 0 Å². The van der Waals surface area contributed by atoms with Gasteiger partial charge in [-0.05, 0) is 64.7 Å². The maximum absolute atomic E-state index is 6.49. The molecule has 0 amide bonds. The van der Waals surface area contributed by atoms with Crippen LogP contribution in [0.4, 0.5) is 0 Å². The first-order valence-corrected chi connectivity index (χ1v) is 16.6. The van der Waals surface area contributed by atoms with Gasteiger partial charge in [-0.15, -0.1) is 0 Å². The molecule has 0 saturated heterocycles. The molecule has 0 aliphatic rings. The minimum absolute atomic E-state index is 0.572. The number of rotatable bonds is 5. The predicted molar refractivity (Wildman–Crippen MR) is 202 cm³/mol. The van der Waals surface area contributed by atoms with Crippen molar-refractivity contribution in [1.82, 2.24) is 15.0 Å². The molecule has 10 aromatic rings. The molecule has 10 rings (SSSR count). The fraction of sp³-hybridized carbons (Fsp3) is 0. The van der Waals surface area contributed by atoms with Crippen LogP contribution < -0.4 is 0 Å². The van der Waals surface area contributed by atoms with Gasteiger partial charge in [0.05, 0.1) is 0 Å². The predicted octanol–water partition coefficient (Wildman–Crippen LogP) is 12.0. The molecule has 0 bridgehead atoms. The molecule has 0 aliphatic carbocycles. The quantitative estimate of drug-likeness (QED) is 0.187. The van der Waals surface area contributed by atoms with Crippen molar-refractivity contribution < 1.29 is 8.83 Å². The number of nitrogens with zero attached hydrogens (tertiary/aromatic N) is 3. The molecule has 0 radical (unpaired) electrons. The van der Waals surface area contributed by atoms with E-state index in [1.165, 1.54) is 0 Å². The summed E-state index contributed by atoms with van der Waals surface area (Å²) in [6, 6.07) is 55.8. The minimum Gasteiger partial charge on any atom is -0.456 e. The second-order valence-corrected chi connectivity index (χ2v) is 12.5. The van der Waals surface area contributed by atoms with E-state index in [-0.39, 0.29) is 0 Å². The van der Waals surface area contributed by atoms with Gasteiger partial charge >= 0.3 is 0 Å². The van der Waals surface area contributed by atoms with E-state index in [1.807, 2.05) is 36.4 Å². The molecule has 234 valence electrons. The molecule has 0 unspecified atom stereocenters. The summed E-state index contributed by atoms with van der Waals surface area (Å²) in [6.45, 7) is 0. The topological polar surface area (TPSA) is 65.0 Å². The molecule has 0 N–H and O–H groups in total. The van der Waals surface area contributed by atoms with Gasteiger partial charge in [0.2, 0.25) is 0 Å². The van der Waals surface area contributed by atoms with Crippen LogP contribution in [0.25, 0.3) is 100 Å². The average Bonchev–Trinajstić information content (AvgIpc) is 3.74. The van der Waals surface area contributed by atoms with Gasteiger partial charge in [-0.1, -0.05) is 121 Å². The second kappa shape index (κ2) is 11.4. The number of furan rings is 2. The SMILES string of the molecule is c1ccc(-c2cccc(-c3nc(-c4cccc(-c5ccccc5)c4)nc(-c4ccc5c(c4)oc4cc6c(cc45)oc4ccccc46)n3)c2)cc1. The Balaban J connectivity index is 1.13. The normalized spacial score (nSPS) is 11.6. The van der Waals surface area contributed by atoms with Gasteiger partial charge in [0, 0.05) is 38.2 Å². The Hall–Kier alpha value is -6.85. The number of fused-ring (bicyclic) bond motifs is 6. The molecular weight excluding hydrogens is 615 g/mol. The lowest BCUT2D eigenvalue weighted by atomic mass is 10.0. The maximum Gasteiger partial charge on any atom is 0.164 e. The number of hydrogen-bond donors (Lipinski definition) is 0. The summed E-state index contributed by atoms with van der Waals surface area (Å²) in [6.07, 6.45) is 0. The summed E-state index contributed by atoms with van der Waals surface area (Å²) >= 11 is 0. The van der Waals surface area contributed by atoms with Gasteiger partial charge in [0.25, 0.3) is 0 Å². The first-order chi connectivity index (χ1) is 24.7. The van der Waals surface area contributed by atoms with Crippen molar-refractivity contribution in [2.24, 2.45) is 0 Å². The van der Waals surface area contributed by atoms with E-state index in [4.69, 9.17) is 23.8 Å². The van der Waals surface area contributed by atoms with Gasteiger partial charge in [0.1, 0.15) is 22.3 Å². The molecule has 0 saturated carbocycles. The highest BCUT2D eigenvalue weighted by Crippen LogP contribution is 2.38. The Labute approximate surface area is 287 Å². The average molecular weight is 642 g/mol. The molecular formula is C45H27N3O2. The summed E-state index contributed by atoms with van der Waals surface area (Å²) in [7, 11) is 0. The minimum atomic E-state index is 0.572. The van der Waals surface area contributed by atoms with E-state index in [0.29, 0.717) is 17.5 Å². The highest BCUT2D eigenvalue weighted by atomic mass is 16.3. The summed E-state index contributed by atoms with van der Waals surface area (Å²) in [5, 5.41) is 4.12. The highest BCUT2D eigenvalue weighted by Gasteiger charge is 2.17. The third-order valence-corrected chi connectivity index (χ3v) is 9.32. The monoisotopic (exact) mass is 641 g/mol. The van der Waals surface area contributed by atoms with Crippen LogP contribution in [-0.4, -0.2) is 15.0 Å². The zero-order valence-corrected chi connectivity index (χ0v) is 26.7. The third-order valence-electron chi connectivity index (χ3n) is 9.32. The van der Waals surface area contributed by atoms with E-state index >= 15 is 0 Å². The van der Waals surface area contributed by atoms with Crippen LogP contribution >= 0.6 is 0 Å². The third kappa shape index (κ3) is 4.83. The van der Waals surface area contributed by atoms with Crippen LogP contribution in [0, 0.1) is 0 Å². The Morgan fingerprint density at radius 2 is 0.680 bits per heavy atom. The summed E-state index contributed by atoms with van der Waals surface area (Å²) in [5.74, 6) is 1.78. The lowest BCUT2D eigenvalue weighted by molar-refractivity contribution is 0.664. The zero-order chi connectivity index (χ0) is 33.0. The summed E-state index contributed by atoms with van der Waals surface area (Å²) in [5.41, 5.74) is 10.4. The number of aromatic nitrogens is 3. The number of para-hydroxylation sites is 1. The Morgan fingerprint density at radius 3 is 1.26 bits per heavy atom. The van der Waals surface area contributed by atoms with E-state index in [2.05, 4.69) is 127 Å². The molecule has 0 aliphatic heterocycles. The van der Waals surface area contributed by atoms with Crippen LogP contribution in [0.2, 0.25) is 0 Å². The van der Waals surface area contributed by atoms with Crippen molar-refractivity contribution in [2.75, 3.05) is 0 Å². The van der Waals surface area contributed by atoms with Gasteiger partial charge in [-0.2, -0.15) is 0 Å². The van der Waals surface area contributed by atoms with Crippen LogP contribution in [0.15, 0.2) is 173 Å². The lowest BCUT2D eigenvalue weighted by Gasteiger charge is -2.10. The van der Waals surface area contributed by atoms with Gasteiger partial charge < -0.3 is 8.83 Å². The standard InChI is InChI=1S/C45H27N3O2/c1-3-11-28(12-4-1)30-15-9-17-32(23-30)43-46-44(33-18-10-16-31(24-33)29-13-5-2-6-14-29)48-45(47-43)34-21-22-36-38-27-41-37(26-42(38)50-40(36)25-34)35-19-7-8-20-39(35)49-41/h1-27H. The van der Waals surface area contributed by atoms with E-state index < -0.39 is 0 Å². The summed E-state index contributed by atoms with van der Waals surface area (Å²) < 4.78 is 12.7. The molecule has 0 fully saturated rings. The van der Waals surface area contributed by atoms with Crippen molar-refractivity contribution in [3.63, 3.8) is 0 Å². The van der Waals surface area contributed by atoms with Crippen molar-refractivity contribution >= 4 is 43.9 Å². The van der Waals surface area contributed by atoms with Crippen molar-refractivity contribution in [1.29, 1.82) is 0 Å². The van der Waals surface area contributed by atoms with Crippen molar-refractivity contribution in [3.05, 3.63) is 164 Å². The summed E-state index contributed by atoms with van der Waals surface area (Å²) in [4.78, 5) is 15.2. The fourth-order valence-electron chi connectivity index (χ4n) is 6.83. The van der Waals surface area contributed by atoms with Gasteiger partial charge in [-0.3, -0.25) is 0 Å². The molecule has 0 atom stereocenters. The lowest BCUT2D eigenvalue weighted by Crippen LogP contribution is -2.00. The van der Waals surface area contributed by atoms with Crippen LogP contribution in [0.3, 0.4) is 0 Å². The molecule has 7 aromatic carbocycles. The smallest absolute Gasteiger partial charge is 0.164 e. The molecule has 0 spiro atoms. The second-order valence-electron chi connectivity index (χ2n) is 12.5. The largest absolute Gasteiger partial charge is 0.456 e. The molecule has 50 heavy (non-hydrogen) atoms. The van der Waals surface area contributed by atoms with Crippen LogP contribution in [0.1, 0.15) is 0 Å². The van der Waals surface area contributed by atoms with Crippen LogP contribution in [0.5, 0.6) is 0 Å². The molecule has 3 heterocycles. The van der Waals surface area contributed by atoms with Crippen LogP contribution in [-0.2, 0) is 0 Å². The number of benzene rings is 7. The Bertz CT molecular complexity index is 2770. The van der Waals surface area contributed by atoms with E-state index in [0.717, 1.165) is 82.8 Å². The maximum atomic E-state index is 6.49. The zero-order valence-electron chi connectivity index (χ0n) is 26.7. The highest BCUT2D eigenvalue weighted by molar-refractivity contribution is 6.15. The number of hydrogen-bond acceptors (Lipinski definition) is 5.